The van der Waals surface area contributed by atoms with Crippen LogP contribution in [-0.2, 0) is 6.42 Å². The molecule has 1 atom stereocenters. The summed E-state index contributed by atoms with van der Waals surface area (Å²) >= 11 is 0. The van der Waals surface area contributed by atoms with Crippen molar-refractivity contribution in [2.24, 2.45) is 0 Å². The minimum absolute atomic E-state index is 0.0731. The number of hydrogen-bond donors (Lipinski definition) is 1. The van der Waals surface area contributed by atoms with Crippen LogP contribution in [0, 0.1) is 12.7 Å². The zero-order chi connectivity index (χ0) is 23.5. The number of halogens is 1. The monoisotopic (exact) mass is 445 g/mol. The molecule has 0 spiro atoms. The number of carboxylic acids is 1. The van der Waals surface area contributed by atoms with Gasteiger partial charge in [0.25, 0.3) is 0 Å². The van der Waals surface area contributed by atoms with Crippen LogP contribution in [0.4, 0.5) is 4.39 Å². The molecule has 0 saturated heterocycles. The smallest absolute Gasteiger partial charge is 0.335 e. The molecule has 4 aromatic rings. The molecule has 2 aromatic carbocycles. The molecule has 2 heterocycles. The number of benzene rings is 2. The molecule has 0 amide bonds. The first-order chi connectivity index (χ1) is 15.8. The lowest BCUT2D eigenvalue weighted by Gasteiger charge is -2.16. The quantitative estimate of drug-likeness (QED) is 0.370. The molecular weight excluding hydrogens is 421 g/mol. The Kier molecular flexibility index (Phi) is 6.36. The summed E-state index contributed by atoms with van der Waals surface area (Å²) < 4.78 is 19.4. The lowest BCUT2D eigenvalue weighted by atomic mass is 9.91. The number of aryl methyl sites for hydroxylation is 2. The summed E-state index contributed by atoms with van der Waals surface area (Å²) in [4.78, 5) is 28.3. The number of hydrogen-bond acceptors (Lipinski definition) is 4. The summed E-state index contributed by atoms with van der Waals surface area (Å²) in [5.74, 6) is -1.02. The standard InChI is InChI=1S/C27H24FNO4/c1-16-12-21(17(2)6-5-8-18-7-3-4-9-20(18)27(31)32)26-22(13-16)24(30)14-25(33-26)23-11-10-19(28)15-29-23/h3-4,7,9-15,17H,5-6,8H2,1-2H3,(H,31,32). The molecule has 0 aliphatic rings. The number of fused-ring (bicyclic) bond motifs is 1. The van der Waals surface area contributed by atoms with E-state index in [0.29, 0.717) is 34.4 Å². The Balaban J connectivity index is 1.64. The van der Waals surface area contributed by atoms with Crippen LogP contribution in [0.2, 0.25) is 0 Å². The molecule has 1 unspecified atom stereocenters. The van der Waals surface area contributed by atoms with Crippen molar-refractivity contribution in [3.05, 3.63) is 99.1 Å². The third-order valence-electron chi connectivity index (χ3n) is 5.84. The van der Waals surface area contributed by atoms with E-state index in [4.69, 9.17) is 4.42 Å². The van der Waals surface area contributed by atoms with Crippen molar-refractivity contribution in [2.75, 3.05) is 0 Å². The minimum Gasteiger partial charge on any atom is -0.478 e. The van der Waals surface area contributed by atoms with Gasteiger partial charge in [-0.1, -0.05) is 31.2 Å². The van der Waals surface area contributed by atoms with Crippen molar-refractivity contribution in [3.63, 3.8) is 0 Å². The minimum atomic E-state index is -0.924. The number of rotatable bonds is 7. The molecular formula is C27H24FNO4. The summed E-state index contributed by atoms with van der Waals surface area (Å²) in [5, 5.41) is 9.89. The van der Waals surface area contributed by atoms with Gasteiger partial charge in [0.15, 0.2) is 11.2 Å². The third kappa shape index (κ3) is 4.85. The van der Waals surface area contributed by atoms with Crippen molar-refractivity contribution < 1.29 is 18.7 Å². The van der Waals surface area contributed by atoms with E-state index in [0.717, 1.165) is 35.7 Å². The first kappa shape index (κ1) is 22.4. The van der Waals surface area contributed by atoms with E-state index in [1.807, 2.05) is 31.2 Å². The van der Waals surface area contributed by atoms with Gasteiger partial charge in [0.05, 0.1) is 17.1 Å². The number of nitrogens with zero attached hydrogens (tertiary/aromatic N) is 1. The van der Waals surface area contributed by atoms with Crippen molar-refractivity contribution in [1.82, 2.24) is 4.98 Å². The van der Waals surface area contributed by atoms with Crippen LogP contribution >= 0.6 is 0 Å². The van der Waals surface area contributed by atoms with Crippen molar-refractivity contribution in [1.29, 1.82) is 0 Å². The van der Waals surface area contributed by atoms with Gasteiger partial charge in [-0.2, -0.15) is 0 Å². The van der Waals surface area contributed by atoms with Gasteiger partial charge in [-0.3, -0.25) is 4.79 Å². The number of aromatic nitrogens is 1. The fourth-order valence-corrected chi connectivity index (χ4v) is 4.15. The van der Waals surface area contributed by atoms with Crippen LogP contribution in [0.15, 0.2) is 70.0 Å². The van der Waals surface area contributed by atoms with Gasteiger partial charge in [0, 0.05) is 6.07 Å². The maximum Gasteiger partial charge on any atom is 0.335 e. The fraction of sp³-hybridized carbons (Fsp3) is 0.222. The summed E-state index contributed by atoms with van der Waals surface area (Å²) in [5.41, 5.74) is 3.73. The number of carbonyl (C=O) groups is 1. The average Bonchev–Trinajstić information content (AvgIpc) is 2.79. The van der Waals surface area contributed by atoms with Crippen LogP contribution in [-0.4, -0.2) is 16.1 Å². The van der Waals surface area contributed by atoms with Crippen LogP contribution < -0.4 is 5.43 Å². The van der Waals surface area contributed by atoms with E-state index < -0.39 is 11.8 Å². The Hall–Kier alpha value is -3.80. The molecule has 4 rings (SSSR count). The highest BCUT2D eigenvalue weighted by Gasteiger charge is 2.17. The SMILES string of the molecule is Cc1cc(C(C)CCCc2ccccc2C(=O)O)c2oc(-c3ccc(F)cn3)cc(=O)c2c1. The van der Waals surface area contributed by atoms with Gasteiger partial charge < -0.3 is 9.52 Å². The third-order valence-corrected chi connectivity index (χ3v) is 5.84. The van der Waals surface area contributed by atoms with E-state index >= 15 is 0 Å². The Morgan fingerprint density at radius 2 is 1.94 bits per heavy atom. The predicted molar refractivity (Wildman–Crippen MR) is 125 cm³/mol. The second kappa shape index (κ2) is 9.36. The lowest BCUT2D eigenvalue weighted by molar-refractivity contribution is 0.0695. The Morgan fingerprint density at radius 3 is 2.67 bits per heavy atom. The zero-order valence-corrected chi connectivity index (χ0v) is 18.5. The number of pyridine rings is 1. The van der Waals surface area contributed by atoms with E-state index in [1.54, 1.807) is 12.1 Å². The molecule has 0 bridgehead atoms. The van der Waals surface area contributed by atoms with Crippen LogP contribution in [0.5, 0.6) is 0 Å². The van der Waals surface area contributed by atoms with E-state index in [2.05, 4.69) is 11.9 Å². The second-order valence-corrected chi connectivity index (χ2v) is 8.32. The molecule has 0 radical (unpaired) electrons. The van der Waals surface area contributed by atoms with Gasteiger partial charge in [-0.15, -0.1) is 0 Å². The van der Waals surface area contributed by atoms with Crippen molar-refractivity contribution in [2.45, 2.75) is 39.0 Å². The molecule has 0 aliphatic carbocycles. The maximum absolute atomic E-state index is 13.3. The molecule has 168 valence electrons. The van der Waals surface area contributed by atoms with E-state index in [-0.39, 0.29) is 11.3 Å². The molecule has 33 heavy (non-hydrogen) atoms. The van der Waals surface area contributed by atoms with Gasteiger partial charge in [0.1, 0.15) is 17.1 Å². The van der Waals surface area contributed by atoms with Crippen LogP contribution in [0.3, 0.4) is 0 Å². The normalized spacial score (nSPS) is 12.1. The van der Waals surface area contributed by atoms with E-state index in [9.17, 15) is 19.1 Å². The number of carboxylic acid groups (broad SMARTS) is 1. The first-order valence-corrected chi connectivity index (χ1v) is 10.8. The second-order valence-electron chi connectivity index (χ2n) is 8.32. The topological polar surface area (TPSA) is 80.4 Å². The Morgan fingerprint density at radius 1 is 1.15 bits per heavy atom. The average molecular weight is 445 g/mol. The molecule has 5 nitrogen and oxygen atoms in total. The molecule has 6 heteroatoms. The molecule has 0 aliphatic heterocycles. The van der Waals surface area contributed by atoms with Gasteiger partial charge in [0.2, 0.25) is 0 Å². The van der Waals surface area contributed by atoms with Crippen molar-refractivity contribution >= 4 is 16.9 Å². The predicted octanol–water partition coefficient (Wildman–Crippen LogP) is 6.13. The van der Waals surface area contributed by atoms with Gasteiger partial charge in [-0.25, -0.2) is 14.2 Å². The summed E-state index contributed by atoms with van der Waals surface area (Å²) in [7, 11) is 0. The number of aromatic carboxylic acids is 1. The highest BCUT2D eigenvalue weighted by molar-refractivity contribution is 5.89. The summed E-state index contributed by atoms with van der Waals surface area (Å²) in [6.07, 6.45) is 3.30. The largest absolute Gasteiger partial charge is 0.478 e. The molecule has 1 N–H and O–H groups in total. The molecule has 0 saturated carbocycles. The van der Waals surface area contributed by atoms with Crippen molar-refractivity contribution in [3.8, 4) is 11.5 Å². The molecule has 0 fully saturated rings. The van der Waals surface area contributed by atoms with E-state index in [1.165, 1.54) is 18.2 Å². The fourth-order valence-electron chi connectivity index (χ4n) is 4.15. The van der Waals surface area contributed by atoms with Crippen LogP contribution in [0.1, 0.15) is 52.7 Å². The Bertz CT molecular complexity index is 1380. The first-order valence-electron chi connectivity index (χ1n) is 10.8. The van der Waals surface area contributed by atoms with Gasteiger partial charge >= 0.3 is 5.97 Å². The molecule has 2 aromatic heterocycles. The Labute approximate surface area is 190 Å². The van der Waals surface area contributed by atoms with Crippen LogP contribution in [0.25, 0.3) is 22.4 Å². The zero-order valence-electron chi connectivity index (χ0n) is 18.5. The highest BCUT2D eigenvalue weighted by Crippen LogP contribution is 2.31. The summed E-state index contributed by atoms with van der Waals surface area (Å²) in [6.45, 7) is 4.01. The highest BCUT2D eigenvalue weighted by atomic mass is 19.1. The maximum atomic E-state index is 13.3. The van der Waals surface area contributed by atoms with Gasteiger partial charge in [-0.05, 0) is 73.1 Å². The lowest BCUT2D eigenvalue weighted by Crippen LogP contribution is -2.06. The summed E-state index contributed by atoms with van der Waals surface area (Å²) in [6, 6.07) is 15.0.